The predicted molar refractivity (Wildman–Crippen MR) is 81.6 cm³/mol. The Labute approximate surface area is 130 Å². The fourth-order valence-corrected chi connectivity index (χ4v) is 2.98. The zero-order valence-electron chi connectivity index (χ0n) is 11.5. The van der Waals surface area contributed by atoms with Crippen LogP contribution in [-0.2, 0) is 16.0 Å². The molecule has 0 unspecified atom stereocenters. The van der Waals surface area contributed by atoms with E-state index in [1.54, 1.807) is 17.5 Å². The van der Waals surface area contributed by atoms with Crippen molar-refractivity contribution in [2.75, 3.05) is 6.61 Å². The van der Waals surface area contributed by atoms with Crippen LogP contribution in [0.3, 0.4) is 0 Å². The van der Waals surface area contributed by atoms with Gasteiger partial charge in [0.25, 0.3) is 0 Å². The normalized spacial score (nSPS) is 11.9. The zero-order valence-corrected chi connectivity index (χ0v) is 12.4. The van der Waals surface area contributed by atoms with Crippen LogP contribution in [0.2, 0.25) is 0 Å². The van der Waals surface area contributed by atoms with Gasteiger partial charge in [-0.3, -0.25) is 0 Å². The van der Waals surface area contributed by atoms with Crippen LogP contribution in [0.25, 0.3) is 10.1 Å². The topological polar surface area (TPSA) is 75.6 Å². The number of carbonyl (C=O) groups excluding carboxylic acids is 1. The Hall–Kier alpha value is -2.41. The number of halogens is 1. The highest BCUT2D eigenvalue weighted by molar-refractivity contribution is 7.17. The number of benzene rings is 1. The monoisotopic (exact) mass is 323 g/mol. The molecule has 0 bridgehead atoms. The minimum atomic E-state index is -1.22. The van der Waals surface area contributed by atoms with Gasteiger partial charge in [0, 0.05) is 16.5 Å². The van der Waals surface area contributed by atoms with Crippen LogP contribution in [0.4, 0.5) is 9.18 Å². The van der Waals surface area contributed by atoms with Gasteiger partial charge in [-0.15, -0.1) is 11.3 Å². The van der Waals surface area contributed by atoms with Gasteiger partial charge < -0.3 is 15.2 Å². The van der Waals surface area contributed by atoms with Crippen molar-refractivity contribution in [3.63, 3.8) is 0 Å². The molecule has 1 amide bonds. The van der Waals surface area contributed by atoms with Crippen LogP contribution in [-0.4, -0.2) is 29.8 Å². The van der Waals surface area contributed by atoms with Gasteiger partial charge in [-0.25, -0.2) is 14.0 Å². The molecular formula is C15H14FNO4S. The quantitative estimate of drug-likeness (QED) is 0.802. The Morgan fingerprint density at radius 2 is 2.27 bits per heavy atom. The summed E-state index contributed by atoms with van der Waals surface area (Å²) in [5.41, 5.74) is 0.537. The lowest BCUT2D eigenvalue weighted by Crippen LogP contribution is -2.42. The third kappa shape index (κ3) is 3.62. The summed E-state index contributed by atoms with van der Waals surface area (Å²) in [4.78, 5) is 22.7. The number of nitrogens with one attached hydrogen (secondary N) is 1. The Kier molecular flexibility index (Phi) is 5.11. The van der Waals surface area contributed by atoms with Crippen LogP contribution in [0.1, 0.15) is 5.56 Å². The summed E-state index contributed by atoms with van der Waals surface area (Å²) in [6.45, 7) is 3.37. The first kappa shape index (κ1) is 16.0. The van der Waals surface area contributed by atoms with Crippen LogP contribution in [0.15, 0.2) is 36.2 Å². The van der Waals surface area contributed by atoms with Crippen LogP contribution in [0, 0.1) is 5.82 Å². The molecule has 2 aromatic rings. The number of carboxylic acids is 1. The lowest BCUT2D eigenvalue weighted by molar-refractivity contribution is -0.139. The maximum atomic E-state index is 13.9. The maximum absolute atomic E-state index is 13.9. The van der Waals surface area contributed by atoms with Gasteiger partial charge in [-0.05, 0) is 23.1 Å². The summed E-state index contributed by atoms with van der Waals surface area (Å²) in [5, 5.41) is 13.5. The first-order chi connectivity index (χ1) is 10.5. The third-order valence-corrected chi connectivity index (χ3v) is 3.97. The molecule has 2 rings (SSSR count). The predicted octanol–water partition coefficient (Wildman–Crippen LogP) is 2.95. The molecule has 0 aliphatic rings. The zero-order chi connectivity index (χ0) is 16.1. The number of ether oxygens (including phenoxy) is 1. The number of hydrogen-bond acceptors (Lipinski definition) is 4. The van der Waals surface area contributed by atoms with Crippen molar-refractivity contribution in [3.05, 3.63) is 47.6 Å². The van der Waals surface area contributed by atoms with Crippen LogP contribution < -0.4 is 5.32 Å². The summed E-state index contributed by atoms with van der Waals surface area (Å²) in [6.07, 6.45) is 0.489. The number of hydrogen-bond donors (Lipinski definition) is 2. The molecule has 116 valence electrons. The minimum Gasteiger partial charge on any atom is -0.480 e. The SMILES string of the molecule is C=CCOC(=O)N[C@@H](Cc1csc2cccc(F)c12)C(=O)O. The molecule has 22 heavy (non-hydrogen) atoms. The highest BCUT2D eigenvalue weighted by Crippen LogP contribution is 2.29. The standard InChI is InChI=1S/C15H14FNO4S/c1-2-6-21-15(20)17-11(14(18)19)7-9-8-22-12-5-3-4-10(16)13(9)12/h2-5,8,11H,1,6-7H2,(H,17,20)(H,18,19)/t11-/m0/s1. The van der Waals surface area contributed by atoms with Crippen molar-refractivity contribution in [2.24, 2.45) is 0 Å². The Bertz CT molecular complexity index is 713. The summed E-state index contributed by atoms with van der Waals surface area (Å²) in [7, 11) is 0. The first-order valence-electron chi connectivity index (χ1n) is 6.44. The molecular weight excluding hydrogens is 309 g/mol. The molecule has 7 heteroatoms. The summed E-state index contributed by atoms with van der Waals surface area (Å²) in [5.74, 6) is -1.63. The largest absolute Gasteiger partial charge is 0.480 e. The third-order valence-electron chi connectivity index (χ3n) is 2.97. The van der Waals surface area contributed by atoms with Crippen molar-refractivity contribution in [3.8, 4) is 0 Å². The van der Waals surface area contributed by atoms with Gasteiger partial charge in [-0.1, -0.05) is 18.7 Å². The number of carboxylic acid groups (broad SMARTS) is 1. The van der Waals surface area contributed by atoms with E-state index in [9.17, 15) is 19.1 Å². The maximum Gasteiger partial charge on any atom is 0.408 e. The molecule has 5 nitrogen and oxygen atoms in total. The average molecular weight is 323 g/mol. The van der Waals surface area contributed by atoms with Crippen LogP contribution in [0.5, 0.6) is 0 Å². The van der Waals surface area contributed by atoms with E-state index in [-0.39, 0.29) is 13.0 Å². The molecule has 0 saturated heterocycles. The lowest BCUT2D eigenvalue weighted by atomic mass is 10.0. The van der Waals surface area contributed by atoms with Crippen molar-refractivity contribution in [1.29, 1.82) is 0 Å². The number of aliphatic carboxylic acids is 1. The van der Waals surface area contributed by atoms with Crippen LogP contribution >= 0.6 is 11.3 Å². The van der Waals surface area contributed by atoms with E-state index in [1.165, 1.54) is 23.5 Å². The van der Waals surface area contributed by atoms with E-state index in [0.717, 1.165) is 4.70 Å². The summed E-state index contributed by atoms with van der Waals surface area (Å²) in [6, 6.07) is 3.47. The Morgan fingerprint density at radius 1 is 1.50 bits per heavy atom. The number of rotatable bonds is 6. The van der Waals surface area contributed by atoms with E-state index in [0.29, 0.717) is 10.9 Å². The second kappa shape index (κ2) is 7.04. The molecule has 1 aromatic heterocycles. The molecule has 1 aromatic carbocycles. The van der Waals surface area contributed by atoms with E-state index >= 15 is 0 Å². The molecule has 0 aliphatic carbocycles. The summed E-state index contributed by atoms with van der Waals surface area (Å²) < 4.78 is 19.3. The molecule has 0 saturated carbocycles. The molecule has 1 atom stereocenters. The molecule has 2 N–H and O–H groups in total. The minimum absolute atomic E-state index is 0.0197. The molecule has 0 radical (unpaired) electrons. The second-order valence-electron chi connectivity index (χ2n) is 4.50. The van der Waals surface area contributed by atoms with E-state index in [2.05, 4.69) is 11.9 Å². The number of thiophene rings is 1. The number of carbonyl (C=O) groups is 2. The first-order valence-corrected chi connectivity index (χ1v) is 7.32. The van der Waals surface area contributed by atoms with Crippen molar-refractivity contribution < 1.29 is 23.8 Å². The highest BCUT2D eigenvalue weighted by Gasteiger charge is 2.23. The summed E-state index contributed by atoms with van der Waals surface area (Å²) >= 11 is 1.32. The van der Waals surface area contributed by atoms with Crippen molar-refractivity contribution in [2.45, 2.75) is 12.5 Å². The average Bonchev–Trinajstić information content (AvgIpc) is 2.89. The molecule has 0 aliphatic heterocycles. The van der Waals surface area contributed by atoms with Gasteiger partial charge in [0.1, 0.15) is 18.5 Å². The van der Waals surface area contributed by atoms with Gasteiger partial charge in [0.2, 0.25) is 0 Å². The smallest absolute Gasteiger partial charge is 0.408 e. The highest BCUT2D eigenvalue weighted by atomic mass is 32.1. The van der Waals surface area contributed by atoms with Gasteiger partial charge >= 0.3 is 12.1 Å². The van der Waals surface area contributed by atoms with E-state index in [4.69, 9.17) is 4.74 Å². The van der Waals surface area contributed by atoms with E-state index < -0.39 is 23.9 Å². The van der Waals surface area contributed by atoms with E-state index in [1.807, 2.05) is 0 Å². The van der Waals surface area contributed by atoms with Gasteiger partial charge in [0.05, 0.1) is 0 Å². The van der Waals surface area contributed by atoms with Crippen molar-refractivity contribution in [1.82, 2.24) is 5.32 Å². The molecule has 0 fully saturated rings. The molecule has 0 spiro atoms. The Balaban J connectivity index is 2.18. The lowest BCUT2D eigenvalue weighted by Gasteiger charge is -2.14. The number of amides is 1. The number of fused-ring (bicyclic) bond motifs is 1. The molecule has 1 heterocycles. The fourth-order valence-electron chi connectivity index (χ4n) is 2.00. The number of alkyl carbamates (subject to hydrolysis) is 1. The second-order valence-corrected chi connectivity index (χ2v) is 5.41. The Morgan fingerprint density at radius 3 is 2.95 bits per heavy atom. The fraction of sp³-hybridized carbons (Fsp3) is 0.200. The van der Waals surface area contributed by atoms with Crippen molar-refractivity contribution >= 4 is 33.5 Å². The van der Waals surface area contributed by atoms with Gasteiger partial charge in [-0.2, -0.15) is 0 Å². The van der Waals surface area contributed by atoms with Gasteiger partial charge in [0.15, 0.2) is 0 Å².